The Kier molecular flexibility index (Phi) is 5.52. The fourth-order valence-corrected chi connectivity index (χ4v) is 2.82. The molecule has 110 valence electrons. The molecule has 1 unspecified atom stereocenters. The number of likely N-dealkylation sites (tertiary alicyclic amines) is 1. The minimum absolute atomic E-state index is 0.169. The maximum absolute atomic E-state index is 11.4. The minimum Gasteiger partial charge on any atom is -0.396 e. The molecule has 0 aliphatic carbocycles. The molecular formula is C15H23N3O2. The fraction of sp³-hybridized carbons (Fsp3) is 0.533. The summed E-state index contributed by atoms with van der Waals surface area (Å²) < 4.78 is 0. The maximum atomic E-state index is 11.4. The number of rotatable bonds is 6. The summed E-state index contributed by atoms with van der Waals surface area (Å²) in [5, 5.41) is 9.00. The first-order valence-corrected chi connectivity index (χ1v) is 7.12. The van der Waals surface area contributed by atoms with Gasteiger partial charge in [0.05, 0.1) is 6.42 Å². The second-order valence-corrected chi connectivity index (χ2v) is 5.42. The lowest BCUT2D eigenvalue weighted by Gasteiger charge is -2.18. The number of nitrogens with two attached hydrogens (primary N) is 1. The Labute approximate surface area is 119 Å². The van der Waals surface area contributed by atoms with E-state index in [4.69, 9.17) is 10.9 Å². The molecule has 1 atom stereocenters. The summed E-state index contributed by atoms with van der Waals surface area (Å²) in [6, 6.07) is 7.99. The van der Waals surface area contributed by atoms with Crippen LogP contribution in [0.1, 0.15) is 24.0 Å². The molecule has 4 N–H and O–H groups in total. The smallest absolute Gasteiger partial charge is 0.238 e. The van der Waals surface area contributed by atoms with Crippen molar-refractivity contribution >= 4 is 5.91 Å². The number of hydrazine groups is 1. The highest BCUT2D eigenvalue weighted by atomic mass is 16.3. The van der Waals surface area contributed by atoms with Crippen LogP contribution in [-0.2, 0) is 17.8 Å². The first kappa shape index (κ1) is 15.0. The molecule has 5 nitrogen and oxygen atoms in total. The normalized spacial score (nSPS) is 19.2. The van der Waals surface area contributed by atoms with Crippen molar-refractivity contribution in [2.24, 2.45) is 11.8 Å². The molecule has 1 aliphatic heterocycles. The van der Waals surface area contributed by atoms with E-state index in [0.29, 0.717) is 12.3 Å². The summed E-state index contributed by atoms with van der Waals surface area (Å²) in [5.74, 6) is 5.58. The third-order valence-corrected chi connectivity index (χ3v) is 3.93. The Hall–Kier alpha value is -1.43. The van der Waals surface area contributed by atoms with Crippen LogP contribution in [0.2, 0.25) is 0 Å². The van der Waals surface area contributed by atoms with Crippen LogP contribution >= 0.6 is 0 Å². The minimum atomic E-state index is -0.169. The Balaban J connectivity index is 1.97. The SMILES string of the molecule is NNC(=O)Cc1ccccc1CN1CCC(CCO)C1. The predicted octanol–water partition coefficient (Wildman–Crippen LogP) is 0.423. The summed E-state index contributed by atoms with van der Waals surface area (Å²) >= 11 is 0. The van der Waals surface area contributed by atoms with Gasteiger partial charge in [-0.1, -0.05) is 24.3 Å². The standard InChI is InChI=1S/C15H23N3O2/c16-17-15(20)9-13-3-1-2-4-14(13)11-18-7-5-12(10-18)6-8-19/h1-4,12,19H,5-11,16H2,(H,17,20). The lowest BCUT2D eigenvalue weighted by Crippen LogP contribution is -2.32. The number of aliphatic hydroxyl groups is 1. The Morgan fingerprint density at radius 1 is 1.40 bits per heavy atom. The van der Waals surface area contributed by atoms with Gasteiger partial charge in [-0.25, -0.2) is 5.84 Å². The zero-order chi connectivity index (χ0) is 14.4. The summed E-state index contributed by atoms with van der Waals surface area (Å²) in [6.45, 7) is 3.21. The molecule has 1 fully saturated rings. The molecule has 1 saturated heterocycles. The number of benzene rings is 1. The molecule has 1 aromatic carbocycles. The van der Waals surface area contributed by atoms with E-state index >= 15 is 0 Å². The van der Waals surface area contributed by atoms with E-state index < -0.39 is 0 Å². The van der Waals surface area contributed by atoms with Gasteiger partial charge in [-0.15, -0.1) is 0 Å². The van der Waals surface area contributed by atoms with E-state index in [1.807, 2.05) is 18.2 Å². The largest absolute Gasteiger partial charge is 0.396 e. The zero-order valence-electron chi connectivity index (χ0n) is 11.7. The van der Waals surface area contributed by atoms with Crippen LogP contribution in [0.25, 0.3) is 0 Å². The molecule has 1 amide bonds. The van der Waals surface area contributed by atoms with Crippen molar-refractivity contribution in [2.75, 3.05) is 19.7 Å². The summed E-state index contributed by atoms with van der Waals surface area (Å²) in [6.07, 6.45) is 2.35. The highest BCUT2D eigenvalue weighted by Gasteiger charge is 2.22. The second kappa shape index (κ2) is 7.38. The molecule has 0 bridgehead atoms. The molecule has 0 spiro atoms. The van der Waals surface area contributed by atoms with Crippen LogP contribution in [0, 0.1) is 5.92 Å². The molecule has 0 saturated carbocycles. The van der Waals surface area contributed by atoms with E-state index in [2.05, 4.69) is 16.4 Å². The molecule has 20 heavy (non-hydrogen) atoms. The number of aliphatic hydroxyl groups excluding tert-OH is 1. The van der Waals surface area contributed by atoms with Crippen LogP contribution < -0.4 is 11.3 Å². The van der Waals surface area contributed by atoms with Gasteiger partial charge < -0.3 is 5.11 Å². The van der Waals surface area contributed by atoms with Crippen molar-refractivity contribution in [2.45, 2.75) is 25.8 Å². The first-order chi connectivity index (χ1) is 9.72. The molecule has 0 radical (unpaired) electrons. The van der Waals surface area contributed by atoms with Gasteiger partial charge in [0, 0.05) is 19.7 Å². The monoisotopic (exact) mass is 277 g/mol. The summed E-state index contributed by atoms with van der Waals surface area (Å²) in [4.78, 5) is 13.8. The number of hydrogen-bond donors (Lipinski definition) is 3. The first-order valence-electron chi connectivity index (χ1n) is 7.12. The van der Waals surface area contributed by atoms with Gasteiger partial charge in [-0.3, -0.25) is 15.1 Å². The lowest BCUT2D eigenvalue weighted by atomic mass is 10.0. The van der Waals surface area contributed by atoms with E-state index in [-0.39, 0.29) is 12.5 Å². The third-order valence-electron chi connectivity index (χ3n) is 3.93. The molecule has 1 heterocycles. The van der Waals surface area contributed by atoms with Crippen molar-refractivity contribution in [1.82, 2.24) is 10.3 Å². The van der Waals surface area contributed by atoms with E-state index in [0.717, 1.165) is 38.0 Å². The molecule has 5 heteroatoms. The number of carbonyl (C=O) groups excluding carboxylic acids is 1. The van der Waals surface area contributed by atoms with Gasteiger partial charge in [-0.2, -0.15) is 0 Å². The number of nitrogens with zero attached hydrogens (tertiary/aromatic N) is 1. The lowest BCUT2D eigenvalue weighted by molar-refractivity contribution is -0.120. The summed E-state index contributed by atoms with van der Waals surface area (Å²) in [7, 11) is 0. The third kappa shape index (κ3) is 4.03. The van der Waals surface area contributed by atoms with Crippen molar-refractivity contribution < 1.29 is 9.90 Å². The predicted molar refractivity (Wildman–Crippen MR) is 77.6 cm³/mol. The van der Waals surface area contributed by atoms with E-state index in [9.17, 15) is 4.79 Å². The molecule has 1 aromatic rings. The second-order valence-electron chi connectivity index (χ2n) is 5.42. The zero-order valence-corrected chi connectivity index (χ0v) is 11.7. The number of hydrogen-bond acceptors (Lipinski definition) is 4. The maximum Gasteiger partial charge on any atom is 0.238 e. The van der Waals surface area contributed by atoms with Crippen molar-refractivity contribution in [3.8, 4) is 0 Å². The van der Waals surface area contributed by atoms with Crippen molar-refractivity contribution in [3.05, 3.63) is 35.4 Å². The van der Waals surface area contributed by atoms with Crippen LogP contribution in [0.15, 0.2) is 24.3 Å². The van der Waals surface area contributed by atoms with Gasteiger partial charge in [0.25, 0.3) is 0 Å². The summed E-state index contributed by atoms with van der Waals surface area (Å²) in [5.41, 5.74) is 4.39. The Bertz CT molecular complexity index is 450. The van der Waals surface area contributed by atoms with Crippen LogP contribution in [0.5, 0.6) is 0 Å². The number of nitrogens with one attached hydrogen (secondary N) is 1. The van der Waals surface area contributed by atoms with Gasteiger partial charge in [0.1, 0.15) is 0 Å². The van der Waals surface area contributed by atoms with Gasteiger partial charge in [-0.05, 0) is 36.4 Å². The van der Waals surface area contributed by atoms with E-state index in [1.165, 1.54) is 5.56 Å². The molecule has 2 rings (SSSR count). The molecule has 1 aliphatic rings. The van der Waals surface area contributed by atoms with Crippen molar-refractivity contribution in [3.63, 3.8) is 0 Å². The molecule has 0 aromatic heterocycles. The van der Waals surface area contributed by atoms with Gasteiger partial charge in [0.2, 0.25) is 5.91 Å². The highest BCUT2D eigenvalue weighted by molar-refractivity contribution is 5.78. The van der Waals surface area contributed by atoms with E-state index in [1.54, 1.807) is 0 Å². The average molecular weight is 277 g/mol. The molecular weight excluding hydrogens is 254 g/mol. The Morgan fingerprint density at radius 3 is 2.85 bits per heavy atom. The number of carbonyl (C=O) groups is 1. The van der Waals surface area contributed by atoms with Crippen LogP contribution in [0.3, 0.4) is 0 Å². The Morgan fingerprint density at radius 2 is 2.15 bits per heavy atom. The fourth-order valence-electron chi connectivity index (χ4n) is 2.82. The van der Waals surface area contributed by atoms with Gasteiger partial charge >= 0.3 is 0 Å². The van der Waals surface area contributed by atoms with Gasteiger partial charge in [0.15, 0.2) is 0 Å². The van der Waals surface area contributed by atoms with Crippen molar-refractivity contribution in [1.29, 1.82) is 0 Å². The topological polar surface area (TPSA) is 78.6 Å². The average Bonchev–Trinajstić information content (AvgIpc) is 2.88. The number of amides is 1. The van der Waals surface area contributed by atoms with Crippen LogP contribution in [0.4, 0.5) is 0 Å². The quantitative estimate of drug-likeness (QED) is 0.400. The van der Waals surface area contributed by atoms with Crippen LogP contribution in [-0.4, -0.2) is 35.6 Å². The highest BCUT2D eigenvalue weighted by Crippen LogP contribution is 2.22.